The Balaban J connectivity index is 2.10. The summed E-state index contributed by atoms with van der Waals surface area (Å²) in [5.74, 6) is 0.0597. The van der Waals surface area contributed by atoms with Crippen LogP contribution in [-0.2, 0) is 9.53 Å². The average molecular weight is 316 g/mol. The van der Waals surface area contributed by atoms with Crippen LogP contribution in [0.4, 0.5) is 0 Å². The van der Waals surface area contributed by atoms with E-state index in [4.69, 9.17) is 10.1 Å². The Morgan fingerprint density at radius 1 is 1.61 bits per heavy atom. The molecule has 1 unspecified atom stereocenters. The number of hydrogen-bond acceptors (Lipinski definition) is 4. The lowest BCUT2D eigenvalue weighted by molar-refractivity contribution is -0.128. The number of ether oxygens (including phenoxy) is 1. The van der Waals surface area contributed by atoms with E-state index in [-0.39, 0.29) is 5.91 Å². The van der Waals surface area contributed by atoms with Gasteiger partial charge in [-0.3, -0.25) is 10.2 Å². The van der Waals surface area contributed by atoms with Crippen molar-refractivity contribution < 1.29 is 9.53 Å². The molecule has 2 rings (SSSR count). The van der Waals surface area contributed by atoms with Gasteiger partial charge in [-0.25, -0.2) is 0 Å². The molecule has 2 aliphatic rings. The quantitative estimate of drug-likeness (QED) is 0.770. The van der Waals surface area contributed by atoms with Crippen molar-refractivity contribution in [2.24, 2.45) is 0 Å². The molecule has 0 aromatic rings. The maximum atomic E-state index is 11.4. The Labute approximate surface area is 115 Å². The topological polar surface area (TPSA) is 65.4 Å². The molecule has 2 N–H and O–H groups in total. The second-order valence-corrected chi connectivity index (χ2v) is 5.46. The van der Waals surface area contributed by atoms with Crippen LogP contribution in [-0.4, -0.2) is 47.8 Å². The molecule has 2 heterocycles. The summed E-state index contributed by atoms with van der Waals surface area (Å²) in [5, 5.41) is 11.2. The van der Waals surface area contributed by atoms with E-state index in [1.54, 1.807) is 11.8 Å². The zero-order valence-corrected chi connectivity index (χ0v) is 12.0. The van der Waals surface area contributed by atoms with Gasteiger partial charge in [-0.15, -0.1) is 0 Å². The van der Waals surface area contributed by atoms with Gasteiger partial charge >= 0.3 is 0 Å². The van der Waals surface area contributed by atoms with E-state index >= 15 is 0 Å². The van der Waals surface area contributed by atoms with Crippen molar-refractivity contribution in [3.05, 3.63) is 11.3 Å². The third-order valence-corrected chi connectivity index (χ3v) is 3.84. The van der Waals surface area contributed by atoms with Crippen molar-refractivity contribution in [3.8, 4) is 0 Å². The molecule has 1 saturated heterocycles. The minimum absolute atomic E-state index is 0.0597. The predicted octanol–water partition coefficient (Wildman–Crippen LogP) is 1.24. The third kappa shape index (κ3) is 3.11. The molecular formula is C12H18BrN3O2. The van der Waals surface area contributed by atoms with Crippen molar-refractivity contribution in [2.45, 2.75) is 25.8 Å². The first kappa shape index (κ1) is 13.5. The minimum Gasteiger partial charge on any atom is -0.383 e. The van der Waals surface area contributed by atoms with Crippen LogP contribution in [0.1, 0.15) is 19.8 Å². The highest BCUT2D eigenvalue weighted by atomic mass is 79.9. The van der Waals surface area contributed by atoms with E-state index in [0.717, 1.165) is 43.9 Å². The molecule has 1 fully saturated rings. The fourth-order valence-electron chi connectivity index (χ4n) is 2.29. The SMILES string of the molecule is CC(=O)N1CCC(NC2CCOC2)=C(C(=N)Br)C1. The van der Waals surface area contributed by atoms with Crippen molar-refractivity contribution in [2.75, 3.05) is 26.3 Å². The van der Waals surface area contributed by atoms with Crippen molar-refractivity contribution >= 4 is 26.5 Å². The second kappa shape index (κ2) is 5.84. The van der Waals surface area contributed by atoms with Crippen LogP contribution >= 0.6 is 15.9 Å². The summed E-state index contributed by atoms with van der Waals surface area (Å²) in [6.07, 6.45) is 1.78. The van der Waals surface area contributed by atoms with Gasteiger partial charge in [-0.1, -0.05) is 0 Å². The number of amides is 1. The molecule has 5 nitrogen and oxygen atoms in total. The van der Waals surface area contributed by atoms with E-state index in [9.17, 15) is 4.79 Å². The molecule has 100 valence electrons. The molecule has 6 heteroatoms. The summed E-state index contributed by atoms with van der Waals surface area (Å²) < 4.78 is 5.70. The van der Waals surface area contributed by atoms with Crippen LogP contribution in [0.5, 0.6) is 0 Å². The lowest BCUT2D eigenvalue weighted by Crippen LogP contribution is -2.41. The summed E-state index contributed by atoms with van der Waals surface area (Å²) >= 11 is 3.22. The highest BCUT2D eigenvalue weighted by Crippen LogP contribution is 2.21. The van der Waals surface area contributed by atoms with Gasteiger partial charge in [0.1, 0.15) is 4.62 Å². The molecule has 0 radical (unpaired) electrons. The van der Waals surface area contributed by atoms with E-state index in [0.29, 0.717) is 17.2 Å². The van der Waals surface area contributed by atoms with Crippen LogP contribution in [0, 0.1) is 5.41 Å². The Kier molecular flexibility index (Phi) is 4.40. The third-order valence-electron chi connectivity index (χ3n) is 3.36. The van der Waals surface area contributed by atoms with E-state index in [1.165, 1.54) is 0 Å². The molecule has 1 atom stereocenters. The molecule has 0 aromatic carbocycles. The first-order valence-electron chi connectivity index (χ1n) is 6.14. The number of carbonyl (C=O) groups excluding carboxylic acids is 1. The van der Waals surface area contributed by atoms with E-state index < -0.39 is 0 Å². The highest BCUT2D eigenvalue weighted by Gasteiger charge is 2.25. The Hall–Kier alpha value is -0.880. The van der Waals surface area contributed by atoms with Gasteiger partial charge in [0.2, 0.25) is 5.91 Å². The number of nitrogens with zero attached hydrogens (tertiary/aromatic N) is 1. The smallest absolute Gasteiger partial charge is 0.219 e. The lowest BCUT2D eigenvalue weighted by Gasteiger charge is -2.31. The highest BCUT2D eigenvalue weighted by molar-refractivity contribution is 9.18. The zero-order chi connectivity index (χ0) is 13.1. The number of halogens is 1. The molecule has 0 saturated carbocycles. The summed E-state index contributed by atoms with van der Waals surface area (Å²) in [5.41, 5.74) is 1.95. The molecule has 0 bridgehead atoms. The molecule has 0 aromatic heterocycles. The normalized spacial score (nSPS) is 24.3. The van der Waals surface area contributed by atoms with Crippen LogP contribution in [0.15, 0.2) is 11.3 Å². The van der Waals surface area contributed by atoms with Gasteiger partial charge in [-0.05, 0) is 22.4 Å². The van der Waals surface area contributed by atoms with Gasteiger partial charge < -0.3 is 15.0 Å². The maximum Gasteiger partial charge on any atom is 0.219 e. The monoisotopic (exact) mass is 315 g/mol. The van der Waals surface area contributed by atoms with Gasteiger partial charge in [-0.2, -0.15) is 0 Å². The Morgan fingerprint density at radius 2 is 2.39 bits per heavy atom. The fraction of sp³-hybridized carbons (Fsp3) is 0.667. The van der Waals surface area contributed by atoms with Crippen molar-refractivity contribution in [3.63, 3.8) is 0 Å². The molecule has 0 spiro atoms. The number of nitrogens with one attached hydrogen (secondary N) is 2. The van der Waals surface area contributed by atoms with Gasteiger partial charge in [0.25, 0.3) is 0 Å². The molecule has 2 aliphatic heterocycles. The molecular weight excluding hydrogens is 298 g/mol. The first-order chi connectivity index (χ1) is 8.58. The largest absolute Gasteiger partial charge is 0.383 e. The molecule has 1 amide bonds. The van der Waals surface area contributed by atoms with Crippen LogP contribution in [0.2, 0.25) is 0 Å². The van der Waals surface area contributed by atoms with Crippen molar-refractivity contribution in [1.29, 1.82) is 5.41 Å². The Bertz CT molecular complexity index is 389. The number of hydrogen-bond donors (Lipinski definition) is 2. The predicted molar refractivity (Wildman–Crippen MR) is 72.9 cm³/mol. The number of rotatable bonds is 3. The van der Waals surface area contributed by atoms with Crippen LogP contribution in [0.3, 0.4) is 0 Å². The van der Waals surface area contributed by atoms with Gasteiger partial charge in [0, 0.05) is 44.3 Å². The summed E-state index contributed by atoms with van der Waals surface area (Å²) in [6, 6.07) is 0.339. The van der Waals surface area contributed by atoms with Gasteiger partial charge in [0.05, 0.1) is 12.6 Å². The first-order valence-corrected chi connectivity index (χ1v) is 6.93. The summed E-state index contributed by atoms with van der Waals surface area (Å²) in [7, 11) is 0. The number of carbonyl (C=O) groups is 1. The van der Waals surface area contributed by atoms with Crippen LogP contribution in [0.25, 0.3) is 0 Å². The minimum atomic E-state index is 0.0597. The summed E-state index contributed by atoms with van der Waals surface area (Å²) in [6.45, 7) is 4.32. The van der Waals surface area contributed by atoms with Crippen molar-refractivity contribution in [1.82, 2.24) is 10.2 Å². The summed E-state index contributed by atoms with van der Waals surface area (Å²) in [4.78, 5) is 13.2. The standard InChI is InChI=1S/C12H18BrN3O2/c1-8(17)16-4-2-11(10(6-16)12(13)14)15-9-3-5-18-7-9/h9,14-15H,2-7H2,1H3. The van der Waals surface area contributed by atoms with Crippen LogP contribution < -0.4 is 5.32 Å². The van der Waals surface area contributed by atoms with Gasteiger partial charge in [0.15, 0.2) is 0 Å². The Morgan fingerprint density at radius 3 is 2.94 bits per heavy atom. The maximum absolute atomic E-state index is 11.4. The fourth-order valence-corrected chi connectivity index (χ4v) is 2.65. The molecule has 0 aliphatic carbocycles. The molecule has 18 heavy (non-hydrogen) atoms. The average Bonchev–Trinajstić information content (AvgIpc) is 2.81. The second-order valence-electron chi connectivity index (χ2n) is 4.67. The lowest BCUT2D eigenvalue weighted by atomic mass is 10.1. The van der Waals surface area contributed by atoms with E-state index in [2.05, 4.69) is 21.2 Å². The van der Waals surface area contributed by atoms with E-state index in [1.807, 2.05) is 0 Å². The zero-order valence-electron chi connectivity index (χ0n) is 10.5.